The standard InChI is InChI=1S/C15H14ClIO/c1-15(18,12-3-2-4-13(16)9-12)10-11-5-7-14(17)8-6-11/h2-9,18H,10H2,1H3. The third kappa shape index (κ3) is 3.46. The third-order valence-corrected chi connectivity index (χ3v) is 3.86. The molecule has 0 saturated carbocycles. The average molecular weight is 373 g/mol. The largest absolute Gasteiger partial charge is 0.385 e. The predicted octanol–water partition coefficient (Wildman–Crippen LogP) is 4.39. The lowest BCUT2D eigenvalue weighted by molar-refractivity contribution is 0.0576. The molecule has 0 fully saturated rings. The second-order valence-corrected chi connectivity index (χ2v) is 6.27. The Hall–Kier alpha value is -0.580. The molecule has 3 heteroatoms. The Morgan fingerprint density at radius 2 is 1.83 bits per heavy atom. The van der Waals surface area contributed by atoms with Crippen LogP contribution in [0.15, 0.2) is 48.5 Å². The van der Waals surface area contributed by atoms with E-state index in [9.17, 15) is 5.11 Å². The van der Waals surface area contributed by atoms with Gasteiger partial charge in [-0.25, -0.2) is 0 Å². The molecule has 1 N–H and O–H groups in total. The Bertz CT molecular complexity index is 534. The molecule has 0 bridgehead atoms. The van der Waals surface area contributed by atoms with E-state index in [1.807, 2.05) is 55.5 Å². The van der Waals surface area contributed by atoms with Crippen LogP contribution in [0.3, 0.4) is 0 Å². The SMILES string of the molecule is CC(O)(Cc1ccc(I)cc1)c1cccc(Cl)c1. The van der Waals surface area contributed by atoms with Gasteiger partial charge in [0.15, 0.2) is 0 Å². The van der Waals surface area contributed by atoms with Crippen LogP contribution in [-0.4, -0.2) is 5.11 Å². The highest BCUT2D eigenvalue weighted by Gasteiger charge is 2.23. The van der Waals surface area contributed by atoms with Crippen LogP contribution in [-0.2, 0) is 12.0 Å². The number of aliphatic hydroxyl groups is 1. The first-order valence-electron chi connectivity index (χ1n) is 5.70. The molecule has 0 aliphatic rings. The fourth-order valence-electron chi connectivity index (χ4n) is 1.93. The molecule has 0 radical (unpaired) electrons. The summed E-state index contributed by atoms with van der Waals surface area (Å²) >= 11 is 8.23. The number of hydrogen-bond donors (Lipinski definition) is 1. The van der Waals surface area contributed by atoms with Crippen molar-refractivity contribution < 1.29 is 5.11 Å². The van der Waals surface area contributed by atoms with E-state index in [-0.39, 0.29) is 0 Å². The van der Waals surface area contributed by atoms with Crippen molar-refractivity contribution in [1.29, 1.82) is 0 Å². The van der Waals surface area contributed by atoms with Gasteiger partial charge in [0.2, 0.25) is 0 Å². The second kappa shape index (κ2) is 5.59. The van der Waals surface area contributed by atoms with E-state index in [2.05, 4.69) is 22.6 Å². The van der Waals surface area contributed by atoms with E-state index in [1.54, 1.807) is 0 Å². The van der Waals surface area contributed by atoms with Crippen molar-refractivity contribution in [2.45, 2.75) is 18.9 Å². The molecule has 0 saturated heterocycles. The Balaban J connectivity index is 2.23. The third-order valence-electron chi connectivity index (χ3n) is 2.91. The van der Waals surface area contributed by atoms with Gasteiger partial charge in [-0.05, 0) is 64.9 Å². The first-order chi connectivity index (χ1) is 8.47. The van der Waals surface area contributed by atoms with Crippen LogP contribution in [0.1, 0.15) is 18.1 Å². The number of hydrogen-bond acceptors (Lipinski definition) is 1. The molecule has 0 aromatic heterocycles. The maximum Gasteiger partial charge on any atom is 0.0909 e. The predicted molar refractivity (Wildman–Crippen MR) is 83.9 cm³/mol. The van der Waals surface area contributed by atoms with E-state index >= 15 is 0 Å². The number of rotatable bonds is 3. The molecule has 2 rings (SSSR count). The Kier molecular flexibility index (Phi) is 4.30. The van der Waals surface area contributed by atoms with Gasteiger partial charge in [0.05, 0.1) is 5.60 Å². The van der Waals surface area contributed by atoms with E-state index in [4.69, 9.17) is 11.6 Å². The summed E-state index contributed by atoms with van der Waals surface area (Å²) in [7, 11) is 0. The summed E-state index contributed by atoms with van der Waals surface area (Å²) < 4.78 is 1.19. The van der Waals surface area contributed by atoms with Gasteiger partial charge >= 0.3 is 0 Å². The van der Waals surface area contributed by atoms with Crippen molar-refractivity contribution in [3.8, 4) is 0 Å². The van der Waals surface area contributed by atoms with Crippen LogP contribution in [0.25, 0.3) is 0 Å². The summed E-state index contributed by atoms with van der Waals surface area (Å²) in [5, 5.41) is 11.2. The van der Waals surface area contributed by atoms with E-state index in [0.29, 0.717) is 11.4 Å². The van der Waals surface area contributed by atoms with Gasteiger partial charge in [0, 0.05) is 15.0 Å². The van der Waals surface area contributed by atoms with Crippen LogP contribution >= 0.6 is 34.2 Å². The van der Waals surface area contributed by atoms with Crippen LogP contribution in [0.4, 0.5) is 0 Å². The summed E-state index contributed by atoms with van der Waals surface area (Å²) in [4.78, 5) is 0. The van der Waals surface area contributed by atoms with Gasteiger partial charge in [-0.2, -0.15) is 0 Å². The fraction of sp³-hybridized carbons (Fsp3) is 0.200. The molecular weight excluding hydrogens is 359 g/mol. The van der Waals surface area contributed by atoms with E-state index < -0.39 is 5.60 Å². The highest BCUT2D eigenvalue weighted by atomic mass is 127. The summed E-state index contributed by atoms with van der Waals surface area (Å²) in [5.74, 6) is 0. The molecule has 18 heavy (non-hydrogen) atoms. The Labute approximate surface area is 126 Å². The van der Waals surface area contributed by atoms with Crippen LogP contribution in [0.5, 0.6) is 0 Å². The molecule has 0 aliphatic heterocycles. The van der Waals surface area contributed by atoms with Crippen LogP contribution in [0.2, 0.25) is 5.02 Å². The highest BCUT2D eigenvalue weighted by Crippen LogP contribution is 2.27. The average Bonchev–Trinajstić information content (AvgIpc) is 2.32. The molecule has 0 heterocycles. The van der Waals surface area contributed by atoms with Crippen molar-refractivity contribution in [1.82, 2.24) is 0 Å². The molecule has 1 unspecified atom stereocenters. The minimum atomic E-state index is -0.905. The first kappa shape index (κ1) is 13.8. The van der Waals surface area contributed by atoms with Crippen molar-refractivity contribution >= 4 is 34.2 Å². The highest BCUT2D eigenvalue weighted by molar-refractivity contribution is 14.1. The first-order valence-corrected chi connectivity index (χ1v) is 7.16. The zero-order chi connectivity index (χ0) is 13.2. The van der Waals surface area contributed by atoms with Crippen molar-refractivity contribution in [2.24, 2.45) is 0 Å². The Morgan fingerprint density at radius 1 is 1.17 bits per heavy atom. The smallest absolute Gasteiger partial charge is 0.0909 e. The molecule has 0 aliphatic carbocycles. The Morgan fingerprint density at radius 3 is 2.44 bits per heavy atom. The molecular formula is C15H14ClIO. The van der Waals surface area contributed by atoms with E-state index in [1.165, 1.54) is 3.57 Å². The summed E-state index contributed by atoms with van der Waals surface area (Å²) in [5.41, 5.74) is 1.05. The van der Waals surface area contributed by atoms with Crippen molar-refractivity contribution in [3.05, 3.63) is 68.3 Å². The molecule has 0 amide bonds. The summed E-state index contributed by atoms with van der Waals surface area (Å²) in [6.07, 6.45) is 0.574. The minimum absolute atomic E-state index is 0.574. The lowest BCUT2D eigenvalue weighted by atomic mass is 9.89. The van der Waals surface area contributed by atoms with Gasteiger partial charge in [0.25, 0.3) is 0 Å². The van der Waals surface area contributed by atoms with Gasteiger partial charge in [-0.3, -0.25) is 0 Å². The van der Waals surface area contributed by atoms with Crippen LogP contribution in [0, 0.1) is 3.57 Å². The minimum Gasteiger partial charge on any atom is -0.385 e. The molecule has 2 aromatic carbocycles. The van der Waals surface area contributed by atoms with Gasteiger partial charge < -0.3 is 5.11 Å². The monoisotopic (exact) mass is 372 g/mol. The molecule has 1 nitrogen and oxygen atoms in total. The van der Waals surface area contributed by atoms with Crippen molar-refractivity contribution in [3.63, 3.8) is 0 Å². The normalized spacial score (nSPS) is 14.2. The summed E-state index contributed by atoms with van der Waals surface area (Å²) in [6.45, 7) is 1.82. The van der Waals surface area contributed by atoms with E-state index in [0.717, 1.165) is 11.1 Å². The lowest BCUT2D eigenvalue weighted by Crippen LogP contribution is -2.24. The molecule has 94 valence electrons. The number of benzene rings is 2. The second-order valence-electron chi connectivity index (χ2n) is 4.59. The summed E-state index contributed by atoms with van der Waals surface area (Å²) in [6, 6.07) is 15.6. The maximum absolute atomic E-state index is 10.6. The molecule has 0 spiro atoms. The maximum atomic E-state index is 10.6. The van der Waals surface area contributed by atoms with Gasteiger partial charge in [0.1, 0.15) is 0 Å². The van der Waals surface area contributed by atoms with Crippen LogP contribution < -0.4 is 0 Å². The zero-order valence-corrected chi connectivity index (χ0v) is 12.9. The topological polar surface area (TPSA) is 20.2 Å². The lowest BCUT2D eigenvalue weighted by Gasteiger charge is -2.24. The zero-order valence-electron chi connectivity index (χ0n) is 10.0. The van der Waals surface area contributed by atoms with Crippen molar-refractivity contribution in [2.75, 3.05) is 0 Å². The number of halogens is 2. The molecule has 2 aromatic rings. The van der Waals surface area contributed by atoms with Gasteiger partial charge in [-0.1, -0.05) is 35.9 Å². The molecule has 1 atom stereocenters. The van der Waals surface area contributed by atoms with Gasteiger partial charge in [-0.15, -0.1) is 0 Å². The quantitative estimate of drug-likeness (QED) is 0.792. The fourth-order valence-corrected chi connectivity index (χ4v) is 2.48.